The van der Waals surface area contributed by atoms with E-state index in [1.165, 1.54) is 11.1 Å². The predicted octanol–water partition coefficient (Wildman–Crippen LogP) is 3.48. The highest BCUT2D eigenvalue weighted by molar-refractivity contribution is 7.09. The van der Waals surface area contributed by atoms with E-state index in [0.29, 0.717) is 37.9 Å². The zero-order chi connectivity index (χ0) is 22.8. The van der Waals surface area contributed by atoms with Crippen LogP contribution in [0.3, 0.4) is 0 Å². The quantitative estimate of drug-likeness (QED) is 0.610. The van der Waals surface area contributed by atoms with Gasteiger partial charge in [0.25, 0.3) is 5.91 Å². The van der Waals surface area contributed by atoms with Crippen LogP contribution in [0.4, 0.5) is 0 Å². The van der Waals surface area contributed by atoms with Gasteiger partial charge in [-0.3, -0.25) is 14.6 Å². The number of hydrogen-bond donors (Lipinski definition) is 2. The number of hydrogen-bond acceptors (Lipinski definition) is 5. The minimum Gasteiger partial charge on any atom is -0.390 e. The first kappa shape index (κ1) is 21.8. The number of aliphatic hydroxyl groups is 1. The van der Waals surface area contributed by atoms with Crippen LogP contribution in [0, 0.1) is 0 Å². The van der Waals surface area contributed by atoms with Crippen molar-refractivity contribution >= 4 is 23.2 Å². The molecule has 0 bridgehead atoms. The highest BCUT2D eigenvalue weighted by atomic mass is 32.1. The van der Waals surface area contributed by atoms with Crippen molar-refractivity contribution in [3.63, 3.8) is 0 Å². The molecule has 2 aromatic heterocycles. The SMILES string of the molecule is O=C(N[C@@H]1c2ccccc2C2(CCN(C(=O)CCc3cccs3)CC2)[C@H]1O)c1cccnc1. The second-order valence-corrected chi connectivity index (χ2v) is 9.87. The van der Waals surface area contributed by atoms with Crippen molar-refractivity contribution in [1.82, 2.24) is 15.2 Å². The van der Waals surface area contributed by atoms with Crippen molar-refractivity contribution in [2.75, 3.05) is 13.1 Å². The summed E-state index contributed by atoms with van der Waals surface area (Å²) >= 11 is 1.68. The zero-order valence-corrected chi connectivity index (χ0v) is 19.1. The van der Waals surface area contributed by atoms with E-state index in [-0.39, 0.29) is 11.8 Å². The Hall–Kier alpha value is -3.03. The lowest BCUT2D eigenvalue weighted by atomic mass is 9.72. The average Bonchev–Trinajstić information content (AvgIpc) is 3.46. The van der Waals surface area contributed by atoms with Gasteiger partial charge in [0.1, 0.15) is 0 Å². The summed E-state index contributed by atoms with van der Waals surface area (Å²) in [5.41, 5.74) is 2.04. The Labute approximate surface area is 197 Å². The van der Waals surface area contributed by atoms with E-state index in [0.717, 1.165) is 17.5 Å². The molecule has 3 aromatic rings. The number of aliphatic hydroxyl groups excluding tert-OH is 1. The number of likely N-dealkylation sites (tertiary alicyclic amines) is 1. The first-order valence-corrected chi connectivity index (χ1v) is 12.2. The van der Waals surface area contributed by atoms with Crippen LogP contribution in [0.1, 0.15) is 51.7 Å². The van der Waals surface area contributed by atoms with Gasteiger partial charge in [-0.1, -0.05) is 30.3 Å². The van der Waals surface area contributed by atoms with Gasteiger partial charge in [0, 0.05) is 42.2 Å². The molecule has 5 rings (SSSR count). The number of benzene rings is 1. The van der Waals surface area contributed by atoms with E-state index in [2.05, 4.69) is 22.4 Å². The molecule has 1 aliphatic heterocycles. The smallest absolute Gasteiger partial charge is 0.253 e. The largest absolute Gasteiger partial charge is 0.390 e. The number of nitrogens with one attached hydrogen (secondary N) is 1. The van der Waals surface area contributed by atoms with Gasteiger partial charge in [-0.25, -0.2) is 0 Å². The average molecular weight is 462 g/mol. The molecule has 1 spiro atoms. The van der Waals surface area contributed by atoms with Crippen molar-refractivity contribution in [2.45, 2.75) is 43.2 Å². The summed E-state index contributed by atoms with van der Waals surface area (Å²) in [6.07, 6.45) is 5.03. The molecule has 2 atom stereocenters. The molecular formula is C26H27N3O3S. The number of thiophene rings is 1. The molecule has 7 heteroatoms. The van der Waals surface area contributed by atoms with E-state index < -0.39 is 17.6 Å². The number of fused-ring (bicyclic) bond motifs is 2. The van der Waals surface area contributed by atoms with Crippen LogP contribution in [-0.4, -0.2) is 46.0 Å². The first-order chi connectivity index (χ1) is 16.1. The van der Waals surface area contributed by atoms with Crippen molar-refractivity contribution < 1.29 is 14.7 Å². The standard InChI is InChI=1S/C26H27N3O3S/c30-22(10-9-19-6-4-16-33-19)29-14-11-26(12-15-29)21-8-2-1-7-20(21)23(24(26)31)28-25(32)18-5-3-13-27-17-18/h1-8,13,16-17,23-24,31H,9-12,14-15H2,(H,28,32)/t23-,24+/m1/s1. The molecule has 170 valence electrons. The third-order valence-electron chi connectivity index (χ3n) is 7.10. The highest BCUT2D eigenvalue weighted by Crippen LogP contribution is 2.51. The van der Waals surface area contributed by atoms with Crippen molar-refractivity contribution in [2.24, 2.45) is 0 Å². The molecule has 2 aliphatic rings. The molecule has 3 heterocycles. The van der Waals surface area contributed by atoms with Crippen LogP contribution in [0.15, 0.2) is 66.3 Å². The van der Waals surface area contributed by atoms with E-state index in [1.54, 1.807) is 29.7 Å². The van der Waals surface area contributed by atoms with E-state index in [1.807, 2.05) is 34.5 Å². The number of amides is 2. The van der Waals surface area contributed by atoms with Crippen molar-refractivity contribution in [1.29, 1.82) is 0 Å². The fourth-order valence-electron chi connectivity index (χ4n) is 5.31. The minimum atomic E-state index is -0.751. The Morgan fingerprint density at radius 3 is 2.67 bits per heavy atom. The van der Waals surface area contributed by atoms with Crippen LogP contribution < -0.4 is 5.32 Å². The second-order valence-electron chi connectivity index (χ2n) is 8.84. The maximum absolute atomic E-state index is 12.8. The maximum atomic E-state index is 12.8. The topological polar surface area (TPSA) is 82.5 Å². The zero-order valence-electron chi connectivity index (χ0n) is 18.3. The maximum Gasteiger partial charge on any atom is 0.253 e. The summed E-state index contributed by atoms with van der Waals surface area (Å²) in [6.45, 7) is 1.22. The molecule has 0 saturated carbocycles. The molecule has 2 N–H and O–H groups in total. The number of carbonyl (C=O) groups excluding carboxylic acids is 2. The normalized spacial score (nSPS) is 21.1. The number of rotatable bonds is 5. The number of piperidine rings is 1. The van der Waals surface area contributed by atoms with Gasteiger partial charge in [-0.15, -0.1) is 11.3 Å². The summed E-state index contributed by atoms with van der Waals surface area (Å²) in [7, 11) is 0. The van der Waals surface area contributed by atoms with Gasteiger partial charge in [0.2, 0.25) is 5.91 Å². The van der Waals surface area contributed by atoms with Gasteiger partial charge in [-0.05, 0) is 54.0 Å². The summed E-state index contributed by atoms with van der Waals surface area (Å²) < 4.78 is 0. The molecule has 1 aromatic carbocycles. The molecule has 0 radical (unpaired) electrons. The summed E-state index contributed by atoms with van der Waals surface area (Å²) in [6, 6.07) is 15.0. The summed E-state index contributed by atoms with van der Waals surface area (Å²) in [5, 5.41) is 16.6. The molecule has 1 aliphatic carbocycles. The van der Waals surface area contributed by atoms with Gasteiger partial charge >= 0.3 is 0 Å². The minimum absolute atomic E-state index is 0.167. The van der Waals surface area contributed by atoms with Crippen molar-refractivity contribution in [3.8, 4) is 0 Å². The van der Waals surface area contributed by atoms with Gasteiger partial charge in [0.05, 0.1) is 17.7 Å². The number of pyridine rings is 1. The number of aromatic nitrogens is 1. The molecule has 1 fully saturated rings. The molecule has 2 amide bonds. The Balaban J connectivity index is 1.30. The first-order valence-electron chi connectivity index (χ1n) is 11.4. The van der Waals surface area contributed by atoms with E-state index in [9.17, 15) is 14.7 Å². The third-order valence-corrected chi connectivity index (χ3v) is 8.03. The second kappa shape index (κ2) is 9.08. The monoisotopic (exact) mass is 461 g/mol. The Bertz CT molecular complexity index is 1120. The summed E-state index contributed by atoms with van der Waals surface area (Å²) in [5.74, 6) is -0.0827. The molecule has 33 heavy (non-hydrogen) atoms. The molecule has 0 unspecified atom stereocenters. The fraction of sp³-hybridized carbons (Fsp3) is 0.346. The molecular weight excluding hydrogens is 434 g/mol. The molecule has 6 nitrogen and oxygen atoms in total. The van der Waals surface area contributed by atoms with E-state index in [4.69, 9.17) is 0 Å². The number of carbonyl (C=O) groups is 2. The lowest BCUT2D eigenvalue weighted by Crippen LogP contribution is -2.51. The van der Waals surface area contributed by atoms with Crippen LogP contribution in [0.2, 0.25) is 0 Å². The number of nitrogens with zero attached hydrogens (tertiary/aromatic N) is 2. The number of aryl methyl sites for hydroxylation is 1. The third kappa shape index (κ3) is 4.07. The van der Waals surface area contributed by atoms with E-state index >= 15 is 0 Å². The van der Waals surface area contributed by atoms with Gasteiger partial charge in [0.15, 0.2) is 0 Å². The fourth-order valence-corrected chi connectivity index (χ4v) is 6.02. The highest BCUT2D eigenvalue weighted by Gasteiger charge is 2.53. The van der Waals surface area contributed by atoms with Crippen LogP contribution in [0.5, 0.6) is 0 Å². The Morgan fingerprint density at radius 1 is 1.12 bits per heavy atom. The van der Waals surface area contributed by atoms with Crippen molar-refractivity contribution in [3.05, 3.63) is 87.9 Å². The van der Waals surface area contributed by atoms with Crippen LogP contribution in [0.25, 0.3) is 0 Å². The Kier molecular flexibility index (Phi) is 6.00. The predicted molar refractivity (Wildman–Crippen MR) is 127 cm³/mol. The van der Waals surface area contributed by atoms with Gasteiger partial charge < -0.3 is 15.3 Å². The molecule has 1 saturated heterocycles. The lowest BCUT2D eigenvalue weighted by Gasteiger charge is -2.43. The Morgan fingerprint density at radius 2 is 1.94 bits per heavy atom. The van der Waals surface area contributed by atoms with Crippen LogP contribution in [-0.2, 0) is 16.6 Å². The van der Waals surface area contributed by atoms with Gasteiger partial charge in [-0.2, -0.15) is 0 Å². The summed E-state index contributed by atoms with van der Waals surface area (Å²) in [4.78, 5) is 32.8. The van der Waals surface area contributed by atoms with Crippen LogP contribution >= 0.6 is 11.3 Å². The lowest BCUT2D eigenvalue weighted by molar-refractivity contribution is -0.133.